The number of anilines is 1. The van der Waals surface area contributed by atoms with Crippen molar-refractivity contribution in [2.75, 3.05) is 24.5 Å². The highest BCUT2D eigenvalue weighted by Crippen LogP contribution is 2.32. The third-order valence-corrected chi connectivity index (χ3v) is 5.71. The van der Waals surface area contributed by atoms with E-state index < -0.39 is 12.5 Å². The second-order valence-corrected chi connectivity index (χ2v) is 7.83. The first kappa shape index (κ1) is 17.9. The molecule has 0 saturated carbocycles. The van der Waals surface area contributed by atoms with Crippen LogP contribution in [0.15, 0.2) is 29.2 Å². The quantitative estimate of drug-likeness (QED) is 0.642. The molecule has 2 aliphatic heterocycles. The van der Waals surface area contributed by atoms with Crippen molar-refractivity contribution >= 4 is 51.9 Å². The SMILES string of the molecule is O=C(O)CN1C(=O)C(=Cc2ccc(N3CCCCCC3)cc2)SC1=S. The van der Waals surface area contributed by atoms with Crippen LogP contribution in [-0.2, 0) is 9.59 Å². The summed E-state index contributed by atoms with van der Waals surface area (Å²) in [7, 11) is 0. The molecule has 1 amide bonds. The maximum atomic E-state index is 12.3. The molecule has 0 aromatic heterocycles. The van der Waals surface area contributed by atoms with Crippen LogP contribution in [-0.4, -0.2) is 45.8 Å². The molecular formula is C18H20N2O3S2. The summed E-state index contributed by atoms with van der Waals surface area (Å²) in [6.07, 6.45) is 6.83. The molecule has 0 spiro atoms. The molecule has 2 aliphatic rings. The number of hydrogen-bond donors (Lipinski definition) is 1. The number of carboxylic acids is 1. The van der Waals surface area contributed by atoms with Crippen LogP contribution >= 0.6 is 24.0 Å². The molecular weight excluding hydrogens is 356 g/mol. The zero-order chi connectivity index (χ0) is 17.8. The predicted octanol–water partition coefficient (Wildman–Crippen LogP) is 3.35. The molecule has 3 rings (SSSR count). The predicted molar refractivity (Wildman–Crippen MR) is 105 cm³/mol. The number of thiocarbonyl (C=S) groups is 1. The Morgan fingerprint density at radius 1 is 1.16 bits per heavy atom. The smallest absolute Gasteiger partial charge is 0.323 e. The lowest BCUT2D eigenvalue weighted by Crippen LogP contribution is -2.33. The first-order valence-electron chi connectivity index (χ1n) is 8.37. The fourth-order valence-corrected chi connectivity index (χ4v) is 4.29. The number of carbonyl (C=O) groups excluding carboxylic acids is 1. The van der Waals surface area contributed by atoms with E-state index in [1.54, 1.807) is 6.08 Å². The molecule has 7 heteroatoms. The number of rotatable bonds is 4. The summed E-state index contributed by atoms with van der Waals surface area (Å²) in [5.74, 6) is -1.41. The lowest BCUT2D eigenvalue weighted by molar-refractivity contribution is -0.140. The van der Waals surface area contributed by atoms with Gasteiger partial charge >= 0.3 is 5.97 Å². The Labute approximate surface area is 156 Å². The standard InChI is InChI=1S/C18H20N2O3S2/c21-16(22)12-20-17(23)15(25-18(20)24)11-13-5-7-14(8-6-13)19-9-3-1-2-4-10-19/h5-8,11H,1-4,9-10,12H2,(H,21,22). The minimum atomic E-state index is -1.07. The Hall–Kier alpha value is -1.86. The molecule has 1 aromatic rings. The number of thioether (sulfide) groups is 1. The van der Waals surface area contributed by atoms with Gasteiger partial charge in [-0.25, -0.2) is 0 Å². The number of nitrogens with zero attached hydrogens (tertiary/aromatic N) is 2. The molecule has 25 heavy (non-hydrogen) atoms. The molecule has 2 heterocycles. The van der Waals surface area contributed by atoms with E-state index in [9.17, 15) is 9.59 Å². The van der Waals surface area contributed by atoms with E-state index in [4.69, 9.17) is 17.3 Å². The van der Waals surface area contributed by atoms with Crippen LogP contribution in [0, 0.1) is 0 Å². The van der Waals surface area contributed by atoms with Gasteiger partial charge in [-0.2, -0.15) is 0 Å². The highest BCUT2D eigenvalue weighted by Gasteiger charge is 2.33. The van der Waals surface area contributed by atoms with Crippen LogP contribution in [0.2, 0.25) is 0 Å². The first-order valence-corrected chi connectivity index (χ1v) is 9.59. The molecule has 1 N–H and O–H groups in total. The van der Waals surface area contributed by atoms with Gasteiger partial charge in [-0.1, -0.05) is 49.0 Å². The Kier molecular flexibility index (Phi) is 5.75. The van der Waals surface area contributed by atoms with Crippen LogP contribution in [0.25, 0.3) is 6.08 Å². The zero-order valence-corrected chi connectivity index (χ0v) is 15.4. The van der Waals surface area contributed by atoms with Gasteiger partial charge in [0.1, 0.15) is 10.9 Å². The van der Waals surface area contributed by atoms with Crippen LogP contribution in [0.3, 0.4) is 0 Å². The van der Waals surface area contributed by atoms with Crippen molar-refractivity contribution < 1.29 is 14.7 Å². The van der Waals surface area contributed by atoms with E-state index in [1.165, 1.54) is 31.4 Å². The lowest BCUT2D eigenvalue weighted by Gasteiger charge is -2.22. The average Bonchev–Trinajstić information content (AvgIpc) is 2.79. The van der Waals surface area contributed by atoms with Crippen molar-refractivity contribution in [3.63, 3.8) is 0 Å². The third kappa shape index (κ3) is 4.41. The molecule has 5 nitrogen and oxygen atoms in total. The minimum Gasteiger partial charge on any atom is -0.480 e. The summed E-state index contributed by atoms with van der Waals surface area (Å²) < 4.78 is 0.292. The molecule has 2 saturated heterocycles. The van der Waals surface area contributed by atoms with Crippen molar-refractivity contribution in [1.82, 2.24) is 4.90 Å². The van der Waals surface area contributed by atoms with E-state index in [0.717, 1.165) is 35.3 Å². The van der Waals surface area contributed by atoms with Gasteiger partial charge in [0.05, 0.1) is 4.91 Å². The van der Waals surface area contributed by atoms with Gasteiger partial charge in [-0.05, 0) is 36.6 Å². The molecule has 2 fully saturated rings. The summed E-state index contributed by atoms with van der Waals surface area (Å²) in [6, 6.07) is 8.14. The number of carboxylic acid groups (broad SMARTS) is 1. The van der Waals surface area contributed by atoms with Crippen molar-refractivity contribution in [2.45, 2.75) is 25.7 Å². The van der Waals surface area contributed by atoms with Crippen molar-refractivity contribution in [3.05, 3.63) is 34.7 Å². The third-order valence-electron chi connectivity index (χ3n) is 4.33. The Morgan fingerprint density at radius 2 is 1.80 bits per heavy atom. The number of amides is 1. The Balaban J connectivity index is 1.72. The fourth-order valence-electron chi connectivity index (χ4n) is 3.03. The number of benzene rings is 1. The van der Waals surface area contributed by atoms with Crippen LogP contribution in [0.1, 0.15) is 31.2 Å². The Morgan fingerprint density at radius 3 is 2.40 bits per heavy atom. The van der Waals surface area contributed by atoms with E-state index in [0.29, 0.717) is 9.23 Å². The van der Waals surface area contributed by atoms with E-state index in [2.05, 4.69) is 17.0 Å². The zero-order valence-electron chi connectivity index (χ0n) is 13.8. The maximum Gasteiger partial charge on any atom is 0.323 e. The molecule has 0 bridgehead atoms. The second kappa shape index (κ2) is 8.01. The summed E-state index contributed by atoms with van der Waals surface area (Å²) >= 11 is 6.25. The molecule has 0 aliphatic carbocycles. The number of carbonyl (C=O) groups is 2. The van der Waals surface area contributed by atoms with Gasteiger partial charge in [0.15, 0.2) is 0 Å². The molecule has 132 valence electrons. The molecule has 1 aromatic carbocycles. The van der Waals surface area contributed by atoms with Crippen molar-refractivity contribution in [1.29, 1.82) is 0 Å². The van der Waals surface area contributed by atoms with Gasteiger partial charge in [-0.15, -0.1) is 0 Å². The van der Waals surface area contributed by atoms with E-state index >= 15 is 0 Å². The topological polar surface area (TPSA) is 60.9 Å². The van der Waals surface area contributed by atoms with Gasteiger partial charge in [-0.3, -0.25) is 14.5 Å². The van der Waals surface area contributed by atoms with Crippen LogP contribution in [0.4, 0.5) is 5.69 Å². The molecule has 0 unspecified atom stereocenters. The van der Waals surface area contributed by atoms with Crippen LogP contribution in [0.5, 0.6) is 0 Å². The molecule has 0 radical (unpaired) electrons. The van der Waals surface area contributed by atoms with Gasteiger partial charge in [0, 0.05) is 18.8 Å². The summed E-state index contributed by atoms with van der Waals surface area (Å²) in [4.78, 5) is 27.1. The summed E-state index contributed by atoms with van der Waals surface area (Å²) in [5, 5.41) is 8.87. The van der Waals surface area contributed by atoms with E-state index in [1.807, 2.05) is 12.1 Å². The highest BCUT2D eigenvalue weighted by atomic mass is 32.2. The monoisotopic (exact) mass is 376 g/mol. The Bertz CT molecular complexity index is 708. The molecule has 0 atom stereocenters. The van der Waals surface area contributed by atoms with Gasteiger partial charge in [0.25, 0.3) is 5.91 Å². The second-order valence-electron chi connectivity index (χ2n) is 6.15. The minimum absolute atomic E-state index is 0.292. The summed E-state index contributed by atoms with van der Waals surface area (Å²) in [6.45, 7) is 1.79. The maximum absolute atomic E-state index is 12.3. The average molecular weight is 377 g/mol. The van der Waals surface area contributed by atoms with E-state index in [-0.39, 0.29) is 5.91 Å². The van der Waals surface area contributed by atoms with Gasteiger partial charge in [0.2, 0.25) is 0 Å². The highest BCUT2D eigenvalue weighted by molar-refractivity contribution is 8.26. The van der Waals surface area contributed by atoms with Crippen molar-refractivity contribution in [2.24, 2.45) is 0 Å². The number of hydrogen-bond acceptors (Lipinski definition) is 5. The normalized spacial score (nSPS) is 20.2. The lowest BCUT2D eigenvalue weighted by atomic mass is 10.1. The van der Waals surface area contributed by atoms with Crippen molar-refractivity contribution in [3.8, 4) is 0 Å². The van der Waals surface area contributed by atoms with Crippen LogP contribution < -0.4 is 4.90 Å². The largest absolute Gasteiger partial charge is 0.480 e. The van der Waals surface area contributed by atoms with Gasteiger partial charge < -0.3 is 10.0 Å². The summed E-state index contributed by atoms with van der Waals surface area (Å²) in [5.41, 5.74) is 2.12. The fraction of sp³-hybridized carbons (Fsp3) is 0.389. The first-order chi connectivity index (χ1) is 12.0. The number of aliphatic carboxylic acids is 1.